The topological polar surface area (TPSA) is 144 Å². The van der Waals surface area contributed by atoms with Crippen LogP contribution >= 0.6 is 0 Å². The number of rotatable bonds is 20. The minimum Gasteiger partial charge on any atom is -0.463 e. The molecule has 9 unspecified atom stereocenters. The highest BCUT2D eigenvalue weighted by atomic mass is 16.6. The van der Waals surface area contributed by atoms with Gasteiger partial charge in [0.1, 0.15) is 25.9 Å². The first-order valence-electron chi connectivity index (χ1n) is 16.1. The molecule has 2 saturated carbocycles. The maximum absolute atomic E-state index is 12.3. The number of hydrogen-bond donors (Lipinski definition) is 0. The molecule has 0 spiro atoms. The van der Waals surface area contributed by atoms with E-state index in [1.54, 1.807) is 0 Å². The highest BCUT2D eigenvalue weighted by molar-refractivity contribution is 5.73. The second kappa shape index (κ2) is 15.9. The molecule has 3 heterocycles. The SMILES string of the molecule is CC(CCC1OC1C)C(=O)OCCOC(COCCOC(=O)C1CCC2OC2C1)COCCOC(=O)C1CCC2OC2C1. The molecule has 0 aromatic carbocycles. The van der Waals surface area contributed by atoms with Crippen molar-refractivity contribution in [2.45, 2.75) is 108 Å². The summed E-state index contributed by atoms with van der Waals surface area (Å²) in [6.07, 6.45) is 7.70. The van der Waals surface area contributed by atoms with E-state index in [-0.39, 0.29) is 113 Å². The standard InChI is InChI=1S/C31H48O12/c1-19(3-6-24-20(2)41-24)29(32)38-14-13-37-23(17-35-9-11-39-30(33)21-4-7-25-27(15-21)42-25)18-36-10-12-40-31(34)22-5-8-26-28(16-22)43-26/h19-28H,3-18H2,1-2H3. The molecule has 244 valence electrons. The number of esters is 3. The predicted molar refractivity (Wildman–Crippen MR) is 149 cm³/mol. The minimum absolute atomic E-state index is 0.101. The molecule has 3 aliphatic heterocycles. The van der Waals surface area contributed by atoms with Crippen LogP contribution in [0.4, 0.5) is 0 Å². The molecule has 5 fully saturated rings. The van der Waals surface area contributed by atoms with Crippen LogP contribution in [0.2, 0.25) is 0 Å². The number of ether oxygens (including phenoxy) is 9. The molecule has 0 aromatic rings. The zero-order valence-corrected chi connectivity index (χ0v) is 25.5. The van der Waals surface area contributed by atoms with Gasteiger partial charge >= 0.3 is 17.9 Å². The fraction of sp³-hybridized carbons (Fsp3) is 0.903. The van der Waals surface area contributed by atoms with Crippen molar-refractivity contribution in [2.75, 3.05) is 52.9 Å². The Bertz CT molecular complexity index is 878. The van der Waals surface area contributed by atoms with Gasteiger partial charge in [0.2, 0.25) is 0 Å². The Morgan fingerprint density at radius 2 is 1.23 bits per heavy atom. The number of carbonyl (C=O) groups excluding carboxylic acids is 3. The highest BCUT2D eigenvalue weighted by Gasteiger charge is 2.47. The lowest BCUT2D eigenvalue weighted by molar-refractivity contribution is -0.155. The molecule has 5 aliphatic rings. The molecule has 12 heteroatoms. The van der Waals surface area contributed by atoms with Crippen LogP contribution in [0, 0.1) is 17.8 Å². The molecule has 43 heavy (non-hydrogen) atoms. The predicted octanol–water partition coefficient (Wildman–Crippen LogP) is 2.37. The lowest BCUT2D eigenvalue weighted by Gasteiger charge is -2.20. The number of carbonyl (C=O) groups is 3. The van der Waals surface area contributed by atoms with Crippen molar-refractivity contribution >= 4 is 17.9 Å². The molecule has 0 bridgehead atoms. The summed E-state index contributed by atoms with van der Waals surface area (Å²) < 4.78 is 49.9. The first-order valence-corrected chi connectivity index (χ1v) is 16.1. The molecule has 3 saturated heterocycles. The summed E-state index contributed by atoms with van der Waals surface area (Å²) in [7, 11) is 0. The van der Waals surface area contributed by atoms with Crippen molar-refractivity contribution in [2.24, 2.45) is 17.8 Å². The van der Waals surface area contributed by atoms with Gasteiger partial charge in [-0.3, -0.25) is 14.4 Å². The van der Waals surface area contributed by atoms with Crippen LogP contribution in [-0.2, 0) is 57.0 Å². The zero-order chi connectivity index (χ0) is 30.2. The van der Waals surface area contributed by atoms with Crippen LogP contribution in [0.5, 0.6) is 0 Å². The Balaban J connectivity index is 0.943. The maximum atomic E-state index is 12.3. The second-order valence-electron chi connectivity index (χ2n) is 12.4. The summed E-state index contributed by atoms with van der Waals surface area (Å²) in [5, 5.41) is 0. The lowest BCUT2D eigenvalue weighted by Crippen LogP contribution is -2.30. The van der Waals surface area contributed by atoms with Crippen LogP contribution in [0.3, 0.4) is 0 Å². The van der Waals surface area contributed by atoms with E-state index in [0.29, 0.717) is 12.2 Å². The third kappa shape index (κ3) is 10.6. The molecule has 0 aromatic heterocycles. The molecular weight excluding hydrogens is 564 g/mol. The van der Waals surface area contributed by atoms with Gasteiger partial charge < -0.3 is 42.6 Å². The third-order valence-electron chi connectivity index (χ3n) is 9.03. The molecule has 0 radical (unpaired) electrons. The monoisotopic (exact) mass is 612 g/mol. The largest absolute Gasteiger partial charge is 0.463 e. The fourth-order valence-corrected chi connectivity index (χ4v) is 6.01. The van der Waals surface area contributed by atoms with Gasteiger partial charge in [0.05, 0.1) is 87.4 Å². The minimum atomic E-state index is -0.444. The van der Waals surface area contributed by atoms with Crippen LogP contribution in [0.1, 0.15) is 65.2 Å². The highest BCUT2D eigenvalue weighted by Crippen LogP contribution is 2.40. The van der Waals surface area contributed by atoms with E-state index in [0.717, 1.165) is 51.4 Å². The third-order valence-corrected chi connectivity index (χ3v) is 9.03. The summed E-state index contributed by atoms with van der Waals surface area (Å²) in [6, 6.07) is 0. The van der Waals surface area contributed by atoms with Crippen molar-refractivity contribution in [1.82, 2.24) is 0 Å². The molecule has 12 nitrogen and oxygen atoms in total. The Labute approximate surface area is 253 Å². The second-order valence-corrected chi connectivity index (χ2v) is 12.4. The summed E-state index contributed by atoms with van der Waals surface area (Å²) in [4.78, 5) is 37.0. The van der Waals surface area contributed by atoms with Crippen LogP contribution in [0.15, 0.2) is 0 Å². The number of epoxide rings is 3. The Hall–Kier alpha value is -1.83. The average molecular weight is 613 g/mol. The van der Waals surface area contributed by atoms with Gasteiger partial charge in [0, 0.05) is 0 Å². The Morgan fingerprint density at radius 3 is 1.74 bits per heavy atom. The summed E-state index contributed by atoms with van der Waals surface area (Å²) in [5.74, 6) is -1.06. The van der Waals surface area contributed by atoms with Crippen molar-refractivity contribution in [3.05, 3.63) is 0 Å². The normalized spacial score (nSPS) is 33.3. The van der Waals surface area contributed by atoms with E-state index in [4.69, 9.17) is 42.6 Å². The number of hydrogen-bond acceptors (Lipinski definition) is 12. The Morgan fingerprint density at radius 1 is 0.698 bits per heavy atom. The number of fused-ring (bicyclic) bond motifs is 2. The van der Waals surface area contributed by atoms with Gasteiger partial charge in [0.25, 0.3) is 0 Å². The van der Waals surface area contributed by atoms with Crippen molar-refractivity contribution in [1.29, 1.82) is 0 Å². The summed E-state index contributed by atoms with van der Waals surface area (Å²) >= 11 is 0. The fourth-order valence-electron chi connectivity index (χ4n) is 6.01. The quantitative estimate of drug-likeness (QED) is 0.0861. The summed E-state index contributed by atoms with van der Waals surface area (Å²) in [5.41, 5.74) is 0. The van der Waals surface area contributed by atoms with E-state index in [2.05, 4.69) is 0 Å². The molecule has 5 rings (SSSR count). The van der Waals surface area contributed by atoms with Gasteiger partial charge in [-0.1, -0.05) is 6.92 Å². The van der Waals surface area contributed by atoms with Gasteiger partial charge in [-0.25, -0.2) is 0 Å². The van der Waals surface area contributed by atoms with Crippen molar-refractivity contribution in [3.8, 4) is 0 Å². The molecular formula is C31H48O12. The maximum Gasteiger partial charge on any atom is 0.309 e. The smallest absolute Gasteiger partial charge is 0.309 e. The van der Waals surface area contributed by atoms with E-state index in [1.165, 1.54) is 0 Å². The first kappa shape index (κ1) is 32.6. The van der Waals surface area contributed by atoms with E-state index in [9.17, 15) is 14.4 Å². The zero-order valence-electron chi connectivity index (χ0n) is 25.5. The van der Waals surface area contributed by atoms with E-state index < -0.39 is 6.10 Å². The lowest BCUT2D eigenvalue weighted by atomic mass is 9.89. The van der Waals surface area contributed by atoms with Crippen molar-refractivity contribution in [3.63, 3.8) is 0 Å². The molecule has 0 amide bonds. The van der Waals surface area contributed by atoms with Crippen LogP contribution in [0.25, 0.3) is 0 Å². The molecule has 9 atom stereocenters. The van der Waals surface area contributed by atoms with E-state index in [1.807, 2.05) is 13.8 Å². The Kier molecular flexibility index (Phi) is 12.1. The molecule has 2 aliphatic carbocycles. The van der Waals surface area contributed by atoms with Crippen molar-refractivity contribution < 1.29 is 57.0 Å². The van der Waals surface area contributed by atoms with E-state index >= 15 is 0 Å². The summed E-state index contributed by atoms with van der Waals surface area (Å²) in [6.45, 7) is 5.34. The molecule has 0 N–H and O–H groups in total. The van der Waals surface area contributed by atoms with Crippen LogP contribution < -0.4 is 0 Å². The van der Waals surface area contributed by atoms with Gasteiger partial charge in [0.15, 0.2) is 0 Å². The first-order chi connectivity index (χ1) is 20.9. The van der Waals surface area contributed by atoms with Crippen LogP contribution in [-0.4, -0.2) is 113 Å². The van der Waals surface area contributed by atoms with Gasteiger partial charge in [-0.05, 0) is 58.3 Å². The average Bonchev–Trinajstić information content (AvgIpc) is 3.91. The van der Waals surface area contributed by atoms with Gasteiger partial charge in [-0.2, -0.15) is 0 Å². The van der Waals surface area contributed by atoms with Gasteiger partial charge in [-0.15, -0.1) is 0 Å².